The molecule has 100 valence electrons. The van der Waals surface area contributed by atoms with E-state index in [1.807, 2.05) is 6.07 Å². The summed E-state index contributed by atoms with van der Waals surface area (Å²) in [5.74, 6) is 2.09. The van der Waals surface area contributed by atoms with Crippen molar-refractivity contribution in [2.45, 2.75) is 25.8 Å². The molecule has 2 rings (SSSR count). The van der Waals surface area contributed by atoms with Crippen LogP contribution in [0.25, 0.3) is 0 Å². The van der Waals surface area contributed by atoms with Crippen LogP contribution < -0.4 is 10.2 Å². The monoisotopic (exact) mass is 248 g/mol. The van der Waals surface area contributed by atoms with E-state index >= 15 is 0 Å². The Labute approximate surface area is 110 Å². The van der Waals surface area contributed by atoms with Gasteiger partial charge in [0.05, 0.1) is 0 Å². The molecule has 0 aliphatic carbocycles. The van der Waals surface area contributed by atoms with Gasteiger partial charge in [0, 0.05) is 25.7 Å². The van der Waals surface area contributed by atoms with E-state index in [0.29, 0.717) is 6.04 Å². The molecule has 0 spiro atoms. The highest BCUT2D eigenvalue weighted by Gasteiger charge is 2.25. The highest BCUT2D eigenvalue weighted by molar-refractivity contribution is 5.48. The highest BCUT2D eigenvalue weighted by atomic mass is 15.3. The van der Waals surface area contributed by atoms with Crippen LogP contribution in [0.3, 0.4) is 0 Å². The Morgan fingerprint density at radius 2 is 2.28 bits per heavy atom. The fraction of sp³-hybridized carbons (Fsp3) is 0.643. The third-order valence-corrected chi connectivity index (χ3v) is 3.34. The summed E-state index contributed by atoms with van der Waals surface area (Å²) < 4.78 is 0. The molecule has 4 heteroatoms. The number of likely N-dealkylation sites (N-methyl/N-ethyl adjacent to an activating group) is 1. The number of pyridine rings is 1. The number of hydrogen-bond acceptors (Lipinski definition) is 4. The molecule has 1 saturated heterocycles. The lowest BCUT2D eigenvalue weighted by Gasteiger charge is -2.28. The molecule has 1 aromatic heterocycles. The minimum atomic E-state index is 0.601. The molecule has 1 N–H and O–H groups in total. The minimum Gasteiger partial charge on any atom is -0.370 e. The molecule has 1 aliphatic rings. The summed E-state index contributed by atoms with van der Waals surface area (Å²) in [6.45, 7) is 5.24. The molecule has 0 aromatic carbocycles. The molecule has 1 aliphatic heterocycles. The number of nitrogens with one attached hydrogen (secondary N) is 1. The van der Waals surface area contributed by atoms with Crippen molar-refractivity contribution in [3.05, 3.63) is 18.2 Å². The van der Waals surface area contributed by atoms with E-state index in [9.17, 15) is 0 Å². The van der Waals surface area contributed by atoms with Crippen molar-refractivity contribution in [1.82, 2.24) is 9.88 Å². The smallest absolute Gasteiger partial charge is 0.131 e. The largest absolute Gasteiger partial charge is 0.370 e. The van der Waals surface area contributed by atoms with Crippen LogP contribution in [0.4, 0.5) is 11.6 Å². The van der Waals surface area contributed by atoms with Crippen LogP contribution in [0.5, 0.6) is 0 Å². The van der Waals surface area contributed by atoms with Gasteiger partial charge in [-0.3, -0.25) is 0 Å². The van der Waals surface area contributed by atoms with Crippen molar-refractivity contribution < 1.29 is 0 Å². The van der Waals surface area contributed by atoms with Crippen LogP contribution in [-0.4, -0.2) is 49.7 Å². The Morgan fingerprint density at radius 3 is 3.00 bits per heavy atom. The van der Waals surface area contributed by atoms with Gasteiger partial charge in [-0.25, -0.2) is 4.98 Å². The third-order valence-electron chi connectivity index (χ3n) is 3.34. The first-order valence-corrected chi connectivity index (χ1v) is 6.83. The lowest BCUT2D eigenvalue weighted by atomic mass is 10.2. The molecule has 0 radical (unpaired) electrons. The van der Waals surface area contributed by atoms with Crippen molar-refractivity contribution in [1.29, 1.82) is 0 Å². The molecule has 0 saturated carbocycles. The van der Waals surface area contributed by atoms with Crippen LogP contribution in [-0.2, 0) is 0 Å². The summed E-state index contributed by atoms with van der Waals surface area (Å²) >= 11 is 0. The van der Waals surface area contributed by atoms with Crippen LogP contribution in [0.1, 0.15) is 19.8 Å². The lowest BCUT2D eigenvalue weighted by Crippen LogP contribution is -2.38. The van der Waals surface area contributed by atoms with Gasteiger partial charge in [-0.2, -0.15) is 0 Å². The maximum absolute atomic E-state index is 4.70. The van der Waals surface area contributed by atoms with E-state index in [0.717, 1.165) is 31.3 Å². The first-order valence-electron chi connectivity index (χ1n) is 6.83. The van der Waals surface area contributed by atoms with E-state index in [4.69, 9.17) is 4.98 Å². The van der Waals surface area contributed by atoms with E-state index in [1.165, 1.54) is 12.8 Å². The summed E-state index contributed by atoms with van der Waals surface area (Å²) in [6, 6.07) is 6.84. The molecule has 1 unspecified atom stereocenters. The van der Waals surface area contributed by atoms with E-state index in [1.54, 1.807) is 0 Å². The second kappa shape index (κ2) is 6.05. The molecule has 1 aromatic rings. The van der Waals surface area contributed by atoms with Gasteiger partial charge in [-0.05, 0) is 46.0 Å². The second-order valence-corrected chi connectivity index (χ2v) is 5.16. The number of anilines is 2. The van der Waals surface area contributed by atoms with Gasteiger partial charge in [0.15, 0.2) is 0 Å². The zero-order valence-corrected chi connectivity index (χ0v) is 11.7. The maximum Gasteiger partial charge on any atom is 0.131 e. The van der Waals surface area contributed by atoms with E-state index < -0.39 is 0 Å². The SMILES string of the molecule is CCNc1cccc(N2CCCC2CN(C)C)n1. The first kappa shape index (κ1) is 13.1. The summed E-state index contributed by atoms with van der Waals surface area (Å²) in [5, 5.41) is 3.28. The highest BCUT2D eigenvalue weighted by Crippen LogP contribution is 2.25. The topological polar surface area (TPSA) is 31.4 Å². The fourth-order valence-electron chi connectivity index (χ4n) is 2.61. The van der Waals surface area contributed by atoms with Gasteiger partial charge >= 0.3 is 0 Å². The van der Waals surface area contributed by atoms with Crippen molar-refractivity contribution in [3.8, 4) is 0 Å². The van der Waals surface area contributed by atoms with E-state index in [2.05, 4.69) is 48.3 Å². The lowest BCUT2D eigenvalue weighted by molar-refractivity contribution is 0.371. The van der Waals surface area contributed by atoms with Crippen LogP contribution >= 0.6 is 0 Å². The Hall–Kier alpha value is -1.29. The Morgan fingerprint density at radius 1 is 1.44 bits per heavy atom. The minimum absolute atomic E-state index is 0.601. The predicted molar refractivity (Wildman–Crippen MR) is 77.3 cm³/mol. The summed E-state index contributed by atoms with van der Waals surface area (Å²) in [7, 11) is 4.28. The van der Waals surface area contributed by atoms with Gasteiger partial charge in [-0.1, -0.05) is 6.07 Å². The Balaban J connectivity index is 2.11. The van der Waals surface area contributed by atoms with Gasteiger partial charge in [0.2, 0.25) is 0 Å². The predicted octanol–water partition coefficient (Wildman–Crippen LogP) is 2.04. The van der Waals surface area contributed by atoms with E-state index in [-0.39, 0.29) is 0 Å². The molecular formula is C14H24N4. The summed E-state index contributed by atoms with van der Waals surface area (Å²) in [4.78, 5) is 9.40. The molecule has 2 heterocycles. The van der Waals surface area contributed by atoms with Gasteiger partial charge < -0.3 is 15.1 Å². The zero-order chi connectivity index (χ0) is 13.0. The quantitative estimate of drug-likeness (QED) is 0.864. The Bertz CT molecular complexity index is 378. The van der Waals surface area contributed by atoms with Crippen LogP contribution in [0.2, 0.25) is 0 Å². The average Bonchev–Trinajstić information content (AvgIpc) is 2.77. The van der Waals surface area contributed by atoms with Crippen LogP contribution in [0.15, 0.2) is 18.2 Å². The number of hydrogen-bond donors (Lipinski definition) is 1. The standard InChI is InChI=1S/C14H24N4/c1-4-15-13-8-5-9-14(16-13)18-10-6-7-12(18)11-17(2)3/h5,8-9,12H,4,6-7,10-11H2,1-3H3,(H,15,16). The number of aromatic nitrogens is 1. The fourth-order valence-corrected chi connectivity index (χ4v) is 2.61. The molecule has 1 fully saturated rings. The van der Waals surface area contributed by atoms with Crippen molar-refractivity contribution in [2.24, 2.45) is 0 Å². The van der Waals surface area contributed by atoms with Gasteiger partial charge in [-0.15, -0.1) is 0 Å². The van der Waals surface area contributed by atoms with Gasteiger partial charge in [0.25, 0.3) is 0 Å². The molecule has 0 amide bonds. The molecule has 0 bridgehead atoms. The molecule has 1 atom stereocenters. The Kier molecular flexibility index (Phi) is 4.42. The van der Waals surface area contributed by atoms with Crippen LogP contribution in [0, 0.1) is 0 Å². The second-order valence-electron chi connectivity index (χ2n) is 5.16. The molecule has 18 heavy (non-hydrogen) atoms. The van der Waals surface area contributed by atoms with Crippen molar-refractivity contribution >= 4 is 11.6 Å². The molecule has 4 nitrogen and oxygen atoms in total. The number of rotatable bonds is 5. The summed E-state index contributed by atoms with van der Waals surface area (Å²) in [5.41, 5.74) is 0. The third kappa shape index (κ3) is 3.13. The van der Waals surface area contributed by atoms with Gasteiger partial charge in [0.1, 0.15) is 11.6 Å². The van der Waals surface area contributed by atoms with Crippen molar-refractivity contribution in [3.63, 3.8) is 0 Å². The average molecular weight is 248 g/mol. The zero-order valence-electron chi connectivity index (χ0n) is 11.7. The summed E-state index contributed by atoms with van der Waals surface area (Å²) in [6.07, 6.45) is 2.54. The van der Waals surface area contributed by atoms with Crippen molar-refractivity contribution in [2.75, 3.05) is 43.9 Å². The maximum atomic E-state index is 4.70. The first-order chi connectivity index (χ1) is 8.70. The number of nitrogens with zero attached hydrogens (tertiary/aromatic N) is 3. The normalized spacial score (nSPS) is 19.6. The molecular weight excluding hydrogens is 224 g/mol.